The number of nitrogens with zero attached hydrogens (tertiary/aromatic N) is 1. The van der Waals surface area contributed by atoms with Gasteiger partial charge in [-0.2, -0.15) is 17.5 Å². The van der Waals surface area contributed by atoms with Crippen LogP contribution in [0.3, 0.4) is 0 Å². The Bertz CT molecular complexity index is 884. The molecule has 1 aliphatic heterocycles. The second kappa shape index (κ2) is 8.93. The van der Waals surface area contributed by atoms with E-state index in [9.17, 15) is 31.2 Å². The topological polar surface area (TPSA) is 90.0 Å². The van der Waals surface area contributed by atoms with Crippen molar-refractivity contribution in [1.29, 1.82) is 0 Å². The first-order valence-corrected chi connectivity index (χ1v) is 10.7. The lowest BCUT2D eigenvalue weighted by molar-refractivity contribution is -0.168. The molecular formula is C19H24F3NO6S. The van der Waals surface area contributed by atoms with Crippen molar-refractivity contribution in [2.45, 2.75) is 50.3 Å². The van der Waals surface area contributed by atoms with Crippen molar-refractivity contribution >= 4 is 22.0 Å². The van der Waals surface area contributed by atoms with Crippen LogP contribution in [-0.4, -0.2) is 50.0 Å². The highest BCUT2D eigenvalue weighted by Gasteiger charge is 2.35. The van der Waals surface area contributed by atoms with Gasteiger partial charge < -0.3 is 9.47 Å². The van der Waals surface area contributed by atoms with E-state index in [1.54, 1.807) is 20.8 Å². The number of carbonyl (C=O) groups is 2. The van der Waals surface area contributed by atoms with Gasteiger partial charge in [0, 0.05) is 13.1 Å². The lowest BCUT2D eigenvalue weighted by atomic mass is 9.98. The fourth-order valence-electron chi connectivity index (χ4n) is 2.93. The van der Waals surface area contributed by atoms with Crippen LogP contribution in [0.5, 0.6) is 0 Å². The molecule has 0 radical (unpaired) electrons. The van der Waals surface area contributed by atoms with Crippen LogP contribution in [0.4, 0.5) is 13.2 Å². The highest BCUT2D eigenvalue weighted by atomic mass is 32.2. The van der Waals surface area contributed by atoms with E-state index in [-0.39, 0.29) is 25.9 Å². The molecule has 11 heteroatoms. The van der Waals surface area contributed by atoms with Crippen LogP contribution in [0, 0.1) is 5.92 Å². The van der Waals surface area contributed by atoms with Gasteiger partial charge in [0.25, 0.3) is 0 Å². The third-order valence-electron chi connectivity index (χ3n) is 4.34. The minimum atomic E-state index is -4.66. The largest absolute Gasteiger partial charge is 0.457 e. The molecule has 30 heavy (non-hydrogen) atoms. The van der Waals surface area contributed by atoms with Gasteiger partial charge >= 0.3 is 18.1 Å². The third-order valence-corrected chi connectivity index (χ3v) is 6.23. The summed E-state index contributed by atoms with van der Waals surface area (Å²) in [4.78, 5) is 23.3. The smallest absolute Gasteiger partial charge is 0.416 e. The molecule has 0 aliphatic carbocycles. The molecule has 1 aromatic carbocycles. The second-order valence-electron chi connectivity index (χ2n) is 7.90. The molecule has 7 nitrogen and oxygen atoms in total. The van der Waals surface area contributed by atoms with E-state index in [4.69, 9.17) is 9.47 Å². The Morgan fingerprint density at radius 2 is 1.73 bits per heavy atom. The Morgan fingerprint density at radius 3 is 2.27 bits per heavy atom. The number of halogens is 3. The van der Waals surface area contributed by atoms with Crippen molar-refractivity contribution in [3.05, 3.63) is 29.8 Å². The standard InChI is InChI=1S/C19H24F3NO6S/c1-18(2,3)29-16(24)12-28-17(25)13-7-9-23(10-8-13)30(26,27)15-6-4-5-14(11-15)19(20,21)22/h4-6,11,13H,7-10,12H2,1-3H3. The van der Waals surface area contributed by atoms with E-state index >= 15 is 0 Å². The zero-order chi connectivity index (χ0) is 22.7. The Kier molecular flexibility index (Phi) is 7.18. The number of sulfonamides is 1. The summed E-state index contributed by atoms with van der Waals surface area (Å²) in [5, 5.41) is 0. The van der Waals surface area contributed by atoms with E-state index in [1.807, 2.05) is 0 Å². The van der Waals surface area contributed by atoms with Crippen molar-refractivity contribution < 1.29 is 40.7 Å². The summed E-state index contributed by atoms with van der Waals surface area (Å²) < 4.78 is 75.0. The fourth-order valence-corrected chi connectivity index (χ4v) is 4.45. The van der Waals surface area contributed by atoms with Gasteiger partial charge in [-0.05, 0) is 51.8 Å². The molecule has 0 spiro atoms. The van der Waals surface area contributed by atoms with Crippen LogP contribution in [0.15, 0.2) is 29.2 Å². The minimum Gasteiger partial charge on any atom is -0.457 e. The Balaban J connectivity index is 1.95. The lowest BCUT2D eigenvalue weighted by Crippen LogP contribution is -2.41. The number of benzene rings is 1. The highest BCUT2D eigenvalue weighted by Crippen LogP contribution is 2.32. The van der Waals surface area contributed by atoms with Crippen LogP contribution >= 0.6 is 0 Å². The summed E-state index contributed by atoms with van der Waals surface area (Å²) >= 11 is 0. The lowest BCUT2D eigenvalue weighted by Gasteiger charge is -2.30. The highest BCUT2D eigenvalue weighted by molar-refractivity contribution is 7.89. The van der Waals surface area contributed by atoms with Gasteiger partial charge in [-0.3, -0.25) is 4.79 Å². The number of alkyl halides is 3. The maximum Gasteiger partial charge on any atom is 0.416 e. The number of esters is 2. The number of hydrogen-bond acceptors (Lipinski definition) is 6. The monoisotopic (exact) mass is 451 g/mol. The SMILES string of the molecule is CC(C)(C)OC(=O)COC(=O)C1CCN(S(=O)(=O)c2cccc(C(F)(F)F)c2)CC1. The molecular weight excluding hydrogens is 427 g/mol. The quantitative estimate of drug-likeness (QED) is 0.640. The van der Waals surface area contributed by atoms with Crippen LogP contribution in [-0.2, 0) is 35.3 Å². The molecule has 1 saturated heterocycles. The van der Waals surface area contributed by atoms with Crippen molar-refractivity contribution in [1.82, 2.24) is 4.31 Å². The van der Waals surface area contributed by atoms with Gasteiger partial charge in [-0.25, -0.2) is 13.2 Å². The van der Waals surface area contributed by atoms with Crippen molar-refractivity contribution in [2.24, 2.45) is 5.92 Å². The average Bonchev–Trinajstić information content (AvgIpc) is 2.64. The summed E-state index contributed by atoms with van der Waals surface area (Å²) in [6.07, 6.45) is -4.40. The molecule has 1 fully saturated rings. The van der Waals surface area contributed by atoms with Crippen LogP contribution in [0.1, 0.15) is 39.2 Å². The number of carbonyl (C=O) groups excluding carboxylic acids is 2. The molecule has 168 valence electrons. The first-order valence-electron chi connectivity index (χ1n) is 9.26. The molecule has 1 aromatic rings. The molecule has 0 unspecified atom stereocenters. The molecule has 1 heterocycles. The number of ether oxygens (including phenoxy) is 2. The predicted molar refractivity (Wildman–Crippen MR) is 99.7 cm³/mol. The predicted octanol–water partition coefficient (Wildman–Crippen LogP) is 2.99. The molecule has 0 N–H and O–H groups in total. The van der Waals surface area contributed by atoms with E-state index in [2.05, 4.69) is 0 Å². The van der Waals surface area contributed by atoms with Gasteiger partial charge in [0.1, 0.15) is 5.60 Å². The van der Waals surface area contributed by atoms with Crippen molar-refractivity contribution in [3.8, 4) is 0 Å². The molecule has 2 rings (SSSR count). The van der Waals surface area contributed by atoms with Crippen molar-refractivity contribution in [3.63, 3.8) is 0 Å². The van der Waals surface area contributed by atoms with E-state index in [0.29, 0.717) is 6.07 Å². The number of piperidine rings is 1. The third kappa shape index (κ3) is 6.43. The van der Waals surface area contributed by atoms with Gasteiger partial charge in [0.05, 0.1) is 16.4 Å². The van der Waals surface area contributed by atoms with Crippen LogP contribution in [0.2, 0.25) is 0 Å². The number of rotatable bonds is 5. The van der Waals surface area contributed by atoms with Gasteiger partial charge in [-0.1, -0.05) is 6.07 Å². The van der Waals surface area contributed by atoms with Gasteiger partial charge in [0.2, 0.25) is 10.0 Å². The average molecular weight is 451 g/mol. The molecule has 0 saturated carbocycles. The van der Waals surface area contributed by atoms with Crippen molar-refractivity contribution in [2.75, 3.05) is 19.7 Å². The molecule has 0 amide bonds. The molecule has 0 atom stereocenters. The Morgan fingerprint density at radius 1 is 1.13 bits per heavy atom. The van der Waals surface area contributed by atoms with E-state index in [0.717, 1.165) is 22.5 Å². The van der Waals surface area contributed by atoms with Gasteiger partial charge in [0.15, 0.2) is 6.61 Å². The zero-order valence-corrected chi connectivity index (χ0v) is 17.7. The maximum atomic E-state index is 12.9. The summed E-state index contributed by atoms with van der Waals surface area (Å²) in [5.41, 5.74) is -1.77. The first-order chi connectivity index (χ1) is 13.7. The molecule has 0 bridgehead atoms. The second-order valence-corrected chi connectivity index (χ2v) is 9.84. The van der Waals surface area contributed by atoms with E-state index in [1.165, 1.54) is 0 Å². The summed E-state index contributed by atoms with van der Waals surface area (Å²) in [5.74, 6) is -1.95. The van der Waals surface area contributed by atoms with E-state index < -0.39 is 56.7 Å². The van der Waals surface area contributed by atoms with Gasteiger partial charge in [-0.15, -0.1) is 0 Å². The Labute approximate surface area is 173 Å². The normalized spacial score (nSPS) is 16.9. The minimum absolute atomic E-state index is 0.0508. The summed E-state index contributed by atoms with van der Waals surface area (Å²) in [6, 6.07) is 3.53. The van der Waals surface area contributed by atoms with Crippen LogP contribution in [0.25, 0.3) is 0 Å². The summed E-state index contributed by atoms with van der Waals surface area (Å²) in [7, 11) is -4.13. The molecule has 0 aromatic heterocycles. The summed E-state index contributed by atoms with van der Waals surface area (Å²) in [6.45, 7) is 4.38. The maximum absolute atomic E-state index is 12.9. The van der Waals surface area contributed by atoms with Crippen LogP contribution < -0.4 is 0 Å². The Hall–Kier alpha value is -2.14. The zero-order valence-electron chi connectivity index (χ0n) is 16.9. The molecule has 1 aliphatic rings. The first kappa shape index (κ1) is 24.1. The number of hydrogen-bond donors (Lipinski definition) is 0. The fraction of sp³-hybridized carbons (Fsp3) is 0.579.